The van der Waals surface area contributed by atoms with E-state index >= 15 is 0 Å². The molecule has 0 aliphatic rings. The first-order chi connectivity index (χ1) is 7.86. The summed E-state index contributed by atoms with van der Waals surface area (Å²) in [7, 11) is 3.31. The summed E-state index contributed by atoms with van der Waals surface area (Å²) in [6.45, 7) is 0. The van der Waals surface area contributed by atoms with E-state index in [2.05, 4.69) is 18.2 Å². The number of hydrogen-bond acceptors (Lipinski definition) is 2. The van der Waals surface area contributed by atoms with Gasteiger partial charge in [-0.15, -0.1) is 0 Å². The van der Waals surface area contributed by atoms with Crippen molar-refractivity contribution in [1.82, 2.24) is 0 Å². The van der Waals surface area contributed by atoms with Crippen molar-refractivity contribution in [2.75, 3.05) is 14.2 Å². The molecule has 0 saturated heterocycles. The van der Waals surface area contributed by atoms with E-state index in [-0.39, 0.29) is 0 Å². The molecule has 0 atom stereocenters. The predicted octanol–water partition coefficient (Wildman–Crippen LogP) is 3.47. The quantitative estimate of drug-likeness (QED) is 0.728. The third-order valence-electron chi connectivity index (χ3n) is 2.52. The van der Waals surface area contributed by atoms with Crippen LogP contribution in [-0.2, 0) is 4.74 Å². The molecule has 0 N–H and O–H groups in total. The molecule has 2 rings (SSSR count). The Hall–Kier alpha value is -1.96. The van der Waals surface area contributed by atoms with Gasteiger partial charge in [-0.3, -0.25) is 0 Å². The van der Waals surface area contributed by atoms with Gasteiger partial charge in [0.15, 0.2) is 0 Å². The molecule has 0 bridgehead atoms. The van der Waals surface area contributed by atoms with E-state index in [1.165, 1.54) is 5.39 Å². The first-order valence-electron chi connectivity index (χ1n) is 5.12. The molecule has 2 nitrogen and oxygen atoms in total. The standard InChI is InChI=1S/C14H14O2/c1-15-10-9-13-12-6-4-3-5-11(12)7-8-14(13)16-2/h3-10H,1-2H3. The van der Waals surface area contributed by atoms with E-state index < -0.39 is 0 Å². The van der Waals surface area contributed by atoms with Crippen molar-refractivity contribution in [3.63, 3.8) is 0 Å². The lowest BCUT2D eigenvalue weighted by molar-refractivity contribution is 0.341. The summed E-state index contributed by atoms with van der Waals surface area (Å²) >= 11 is 0. The van der Waals surface area contributed by atoms with Gasteiger partial charge in [-0.25, -0.2) is 0 Å². The summed E-state index contributed by atoms with van der Waals surface area (Å²) in [6, 6.07) is 12.2. The van der Waals surface area contributed by atoms with Gasteiger partial charge in [0.25, 0.3) is 0 Å². The Morgan fingerprint density at radius 2 is 1.81 bits per heavy atom. The Kier molecular flexibility index (Phi) is 3.10. The van der Waals surface area contributed by atoms with Crippen LogP contribution in [0.2, 0.25) is 0 Å². The van der Waals surface area contributed by atoms with E-state index in [4.69, 9.17) is 9.47 Å². The van der Waals surface area contributed by atoms with Crippen molar-refractivity contribution in [1.29, 1.82) is 0 Å². The molecular weight excluding hydrogens is 200 g/mol. The minimum atomic E-state index is 0.854. The number of hydrogen-bond donors (Lipinski definition) is 0. The van der Waals surface area contributed by atoms with Gasteiger partial charge < -0.3 is 9.47 Å². The number of benzene rings is 2. The maximum atomic E-state index is 5.34. The van der Waals surface area contributed by atoms with Gasteiger partial charge in [0.1, 0.15) is 5.75 Å². The predicted molar refractivity (Wildman–Crippen MR) is 66.5 cm³/mol. The first kappa shape index (κ1) is 10.6. The van der Waals surface area contributed by atoms with Crippen LogP contribution in [0.15, 0.2) is 42.7 Å². The molecule has 16 heavy (non-hydrogen) atoms. The molecule has 2 heteroatoms. The zero-order valence-corrected chi connectivity index (χ0v) is 9.44. The highest BCUT2D eigenvalue weighted by Gasteiger charge is 2.04. The third kappa shape index (κ3) is 1.87. The van der Waals surface area contributed by atoms with Crippen molar-refractivity contribution in [3.05, 3.63) is 48.2 Å². The van der Waals surface area contributed by atoms with E-state index in [0.717, 1.165) is 16.7 Å². The monoisotopic (exact) mass is 214 g/mol. The average molecular weight is 214 g/mol. The highest BCUT2D eigenvalue weighted by Crippen LogP contribution is 2.28. The fourth-order valence-corrected chi connectivity index (χ4v) is 1.76. The maximum absolute atomic E-state index is 5.34. The SMILES string of the molecule is COC=Cc1c(OC)ccc2ccccc12. The van der Waals surface area contributed by atoms with Gasteiger partial charge in [0.05, 0.1) is 20.5 Å². The summed E-state index contributed by atoms with van der Waals surface area (Å²) in [5.74, 6) is 0.854. The second-order valence-corrected chi connectivity index (χ2v) is 3.44. The largest absolute Gasteiger partial charge is 0.504 e. The van der Waals surface area contributed by atoms with E-state index in [0.29, 0.717) is 0 Å². The summed E-state index contributed by atoms with van der Waals surface area (Å²) < 4.78 is 10.3. The molecule has 0 aliphatic heterocycles. The molecule has 2 aromatic rings. The van der Waals surface area contributed by atoms with Gasteiger partial charge in [0, 0.05) is 5.56 Å². The van der Waals surface area contributed by atoms with Crippen LogP contribution >= 0.6 is 0 Å². The summed E-state index contributed by atoms with van der Waals surface area (Å²) in [5, 5.41) is 2.36. The second kappa shape index (κ2) is 4.71. The van der Waals surface area contributed by atoms with Crippen LogP contribution in [0.4, 0.5) is 0 Å². The normalized spacial score (nSPS) is 10.9. The van der Waals surface area contributed by atoms with E-state index in [1.807, 2.05) is 24.3 Å². The molecule has 0 spiro atoms. The van der Waals surface area contributed by atoms with Crippen LogP contribution in [0.25, 0.3) is 16.8 Å². The molecule has 0 radical (unpaired) electrons. The van der Waals surface area contributed by atoms with Gasteiger partial charge >= 0.3 is 0 Å². The lowest BCUT2D eigenvalue weighted by Crippen LogP contribution is -1.88. The minimum Gasteiger partial charge on any atom is -0.504 e. The molecule has 0 saturated carbocycles. The lowest BCUT2D eigenvalue weighted by Gasteiger charge is -2.08. The van der Waals surface area contributed by atoms with Crippen molar-refractivity contribution in [2.24, 2.45) is 0 Å². The molecule has 2 aromatic carbocycles. The fourth-order valence-electron chi connectivity index (χ4n) is 1.76. The summed E-state index contributed by atoms with van der Waals surface area (Å²) in [4.78, 5) is 0. The molecular formula is C14H14O2. The third-order valence-corrected chi connectivity index (χ3v) is 2.52. The van der Waals surface area contributed by atoms with Crippen molar-refractivity contribution >= 4 is 16.8 Å². The fraction of sp³-hybridized carbons (Fsp3) is 0.143. The van der Waals surface area contributed by atoms with Crippen molar-refractivity contribution in [3.8, 4) is 5.75 Å². The molecule has 0 fully saturated rings. The van der Waals surface area contributed by atoms with Gasteiger partial charge in [0.2, 0.25) is 0 Å². The zero-order valence-electron chi connectivity index (χ0n) is 9.44. The molecule has 0 amide bonds. The van der Waals surface area contributed by atoms with Crippen LogP contribution in [0, 0.1) is 0 Å². The van der Waals surface area contributed by atoms with Crippen LogP contribution in [0.5, 0.6) is 5.75 Å². The van der Waals surface area contributed by atoms with E-state index in [9.17, 15) is 0 Å². The minimum absolute atomic E-state index is 0.854. The molecule has 0 aliphatic carbocycles. The van der Waals surface area contributed by atoms with Gasteiger partial charge in [-0.05, 0) is 22.9 Å². The van der Waals surface area contributed by atoms with Crippen molar-refractivity contribution < 1.29 is 9.47 Å². The maximum Gasteiger partial charge on any atom is 0.126 e. The molecule has 82 valence electrons. The van der Waals surface area contributed by atoms with Crippen LogP contribution < -0.4 is 4.74 Å². The van der Waals surface area contributed by atoms with Crippen LogP contribution in [-0.4, -0.2) is 14.2 Å². The number of fused-ring (bicyclic) bond motifs is 1. The average Bonchev–Trinajstić information content (AvgIpc) is 2.35. The number of methoxy groups -OCH3 is 2. The smallest absolute Gasteiger partial charge is 0.126 e. The van der Waals surface area contributed by atoms with Crippen molar-refractivity contribution in [2.45, 2.75) is 0 Å². The zero-order chi connectivity index (χ0) is 11.4. The van der Waals surface area contributed by atoms with Gasteiger partial charge in [-0.1, -0.05) is 30.3 Å². The number of rotatable bonds is 3. The van der Waals surface area contributed by atoms with E-state index in [1.54, 1.807) is 20.5 Å². The van der Waals surface area contributed by atoms with Crippen LogP contribution in [0.1, 0.15) is 5.56 Å². The Morgan fingerprint density at radius 1 is 1.00 bits per heavy atom. The highest BCUT2D eigenvalue weighted by molar-refractivity contribution is 5.93. The summed E-state index contributed by atoms with van der Waals surface area (Å²) in [6.07, 6.45) is 3.57. The Balaban J connectivity index is 2.68. The summed E-state index contributed by atoms with van der Waals surface area (Å²) in [5.41, 5.74) is 1.04. The molecule has 0 unspecified atom stereocenters. The Bertz CT molecular complexity index is 515. The van der Waals surface area contributed by atoms with Gasteiger partial charge in [-0.2, -0.15) is 0 Å². The number of ether oxygens (including phenoxy) is 2. The topological polar surface area (TPSA) is 18.5 Å². The molecule has 0 aromatic heterocycles. The Morgan fingerprint density at radius 3 is 2.56 bits per heavy atom. The Labute approximate surface area is 95.1 Å². The van der Waals surface area contributed by atoms with Crippen LogP contribution in [0.3, 0.4) is 0 Å². The second-order valence-electron chi connectivity index (χ2n) is 3.44. The first-order valence-corrected chi connectivity index (χ1v) is 5.12. The molecule has 0 heterocycles. The lowest BCUT2D eigenvalue weighted by atomic mass is 10.0. The highest BCUT2D eigenvalue weighted by atomic mass is 16.5.